The van der Waals surface area contributed by atoms with E-state index >= 15 is 0 Å². The summed E-state index contributed by atoms with van der Waals surface area (Å²) in [5.41, 5.74) is 0. The number of amides is 1. The number of hydrogen-bond acceptors (Lipinski definition) is 3. The van der Waals surface area contributed by atoms with Gasteiger partial charge in [-0.05, 0) is 61.5 Å². The zero-order valence-corrected chi connectivity index (χ0v) is 12.2. The fourth-order valence-electron chi connectivity index (χ4n) is 3.01. The average Bonchev–Trinajstić information content (AvgIpc) is 2.94. The molecule has 3 rings (SSSR count). The van der Waals surface area contributed by atoms with Gasteiger partial charge in [0.2, 0.25) is 0 Å². The lowest BCUT2D eigenvalue weighted by molar-refractivity contribution is 0.0726. The van der Waals surface area contributed by atoms with E-state index in [2.05, 4.69) is 5.32 Å². The lowest BCUT2D eigenvalue weighted by Crippen LogP contribution is -2.32. The highest BCUT2D eigenvalue weighted by molar-refractivity contribution is 6.29. The number of likely N-dealkylation sites (tertiary alicyclic amines) is 1. The lowest BCUT2D eigenvalue weighted by Gasteiger charge is -2.19. The van der Waals surface area contributed by atoms with E-state index in [9.17, 15) is 4.79 Å². The molecule has 0 spiro atoms. The minimum absolute atomic E-state index is 0. The van der Waals surface area contributed by atoms with Crippen molar-refractivity contribution in [1.29, 1.82) is 0 Å². The van der Waals surface area contributed by atoms with E-state index in [0.717, 1.165) is 50.9 Å². The maximum atomic E-state index is 12.2. The van der Waals surface area contributed by atoms with Gasteiger partial charge >= 0.3 is 0 Å². The van der Waals surface area contributed by atoms with Crippen molar-refractivity contribution in [1.82, 2.24) is 10.2 Å². The smallest absolute Gasteiger partial charge is 0.289 e. The van der Waals surface area contributed by atoms with Gasteiger partial charge in [0, 0.05) is 13.1 Å². The van der Waals surface area contributed by atoms with Gasteiger partial charge in [-0.15, -0.1) is 12.4 Å². The van der Waals surface area contributed by atoms with Crippen molar-refractivity contribution in [2.45, 2.75) is 12.8 Å². The molecule has 2 aliphatic heterocycles. The van der Waals surface area contributed by atoms with Gasteiger partial charge in [0.05, 0.1) is 0 Å². The van der Waals surface area contributed by atoms with Crippen molar-refractivity contribution in [3.8, 4) is 0 Å². The minimum atomic E-state index is -0.0326. The number of nitrogens with zero attached hydrogens (tertiary/aromatic N) is 1. The fraction of sp³-hybridized carbons (Fsp3) is 0.615. The number of hydrogen-bond donors (Lipinski definition) is 1. The summed E-state index contributed by atoms with van der Waals surface area (Å²) in [5.74, 6) is 1.77. The van der Waals surface area contributed by atoms with Crippen LogP contribution in [-0.2, 0) is 0 Å². The molecule has 1 N–H and O–H groups in total. The molecule has 0 aliphatic carbocycles. The van der Waals surface area contributed by atoms with E-state index in [4.69, 9.17) is 16.0 Å². The minimum Gasteiger partial charge on any atom is -0.440 e. The summed E-state index contributed by atoms with van der Waals surface area (Å²) in [7, 11) is 0. The second-order valence-electron chi connectivity index (χ2n) is 5.15. The van der Waals surface area contributed by atoms with Gasteiger partial charge in [0.25, 0.3) is 5.91 Å². The number of carbonyl (C=O) groups is 1. The van der Waals surface area contributed by atoms with Crippen LogP contribution < -0.4 is 5.32 Å². The van der Waals surface area contributed by atoms with Crippen LogP contribution in [0, 0.1) is 11.8 Å². The van der Waals surface area contributed by atoms with Gasteiger partial charge in [-0.3, -0.25) is 4.79 Å². The van der Waals surface area contributed by atoms with Crippen molar-refractivity contribution in [3.05, 3.63) is 23.1 Å². The third-order valence-corrected chi connectivity index (χ3v) is 4.29. The number of carbonyl (C=O) groups excluding carboxylic acids is 1. The van der Waals surface area contributed by atoms with Gasteiger partial charge in [-0.2, -0.15) is 0 Å². The molecule has 0 saturated carbocycles. The Balaban J connectivity index is 0.00000133. The summed E-state index contributed by atoms with van der Waals surface area (Å²) in [5, 5.41) is 3.70. The molecule has 0 bridgehead atoms. The molecular formula is C13H18Cl2N2O2. The molecule has 2 atom stereocenters. The molecule has 1 amide bonds. The quantitative estimate of drug-likeness (QED) is 0.867. The van der Waals surface area contributed by atoms with Gasteiger partial charge < -0.3 is 14.6 Å². The Hall–Kier alpha value is -0.710. The number of rotatable bonds is 1. The number of furan rings is 1. The predicted molar refractivity (Wildman–Crippen MR) is 76.0 cm³/mol. The van der Waals surface area contributed by atoms with Crippen LogP contribution in [0.4, 0.5) is 0 Å². The van der Waals surface area contributed by atoms with Crippen LogP contribution in [0.1, 0.15) is 23.4 Å². The molecule has 0 unspecified atom stereocenters. The van der Waals surface area contributed by atoms with E-state index < -0.39 is 0 Å². The molecule has 2 saturated heterocycles. The van der Waals surface area contributed by atoms with Crippen molar-refractivity contribution >= 4 is 29.9 Å². The average molecular weight is 305 g/mol. The van der Waals surface area contributed by atoms with Gasteiger partial charge in [0.15, 0.2) is 11.0 Å². The monoisotopic (exact) mass is 304 g/mol. The molecule has 0 radical (unpaired) electrons. The molecule has 0 aromatic carbocycles. The molecule has 106 valence electrons. The topological polar surface area (TPSA) is 45.5 Å². The second kappa shape index (κ2) is 6.16. The van der Waals surface area contributed by atoms with Crippen LogP contribution in [0.25, 0.3) is 0 Å². The maximum Gasteiger partial charge on any atom is 0.289 e. The van der Waals surface area contributed by atoms with E-state index in [0.29, 0.717) is 5.76 Å². The SMILES string of the molecule is Cl.O=C(c1ccc(Cl)o1)N1CC[C@@H]2CNC[C@@H]2CC1. The third kappa shape index (κ3) is 3.07. The Morgan fingerprint density at radius 1 is 1.26 bits per heavy atom. The van der Waals surface area contributed by atoms with Crippen molar-refractivity contribution in [3.63, 3.8) is 0 Å². The van der Waals surface area contributed by atoms with Gasteiger partial charge in [-0.1, -0.05) is 0 Å². The van der Waals surface area contributed by atoms with E-state index in [1.807, 2.05) is 4.90 Å². The largest absolute Gasteiger partial charge is 0.440 e. The van der Waals surface area contributed by atoms with Crippen LogP contribution in [0.5, 0.6) is 0 Å². The predicted octanol–water partition coefficient (Wildman–Crippen LogP) is 2.43. The molecule has 2 aliphatic rings. The van der Waals surface area contributed by atoms with Crippen LogP contribution in [0.2, 0.25) is 5.22 Å². The van der Waals surface area contributed by atoms with Crippen molar-refractivity contribution in [2.75, 3.05) is 26.2 Å². The van der Waals surface area contributed by atoms with E-state index in [1.54, 1.807) is 12.1 Å². The highest BCUT2D eigenvalue weighted by Gasteiger charge is 2.32. The Kier molecular flexibility index (Phi) is 4.76. The first-order valence-electron chi connectivity index (χ1n) is 6.49. The summed E-state index contributed by atoms with van der Waals surface area (Å²) in [4.78, 5) is 14.1. The van der Waals surface area contributed by atoms with Crippen LogP contribution >= 0.6 is 24.0 Å². The normalized spacial score (nSPS) is 26.5. The lowest BCUT2D eigenvalue weighted by atomic mass is 9.92. The Bertz CT molecular complexity index is 436. The van der Waals surface area contributed by atoms with Crippen LogP contribution in [-0.4, -0.2) is 37.0 Å². The molecule has 1 aromatic heterocycles. The first-order valence-corrected chi connectivity index (χ1v) is 6.87. The Morgan fingerprint density at radius 2 is 1.89 bits per heavy atom. The number of halogens is 2. The zero-order chi connectivity index (χ0) is 12.5. The van der Waals surface area contributed by atoms with Crippen molar-refractivity contribution < 1.29 is 9.21 Å². The molecular weight excluding hydrogens is 287 g/mol. The van der Waals surface area contributed by atoms with Crippen molar-refractivity contribution in [2.24, 2.45) is 11.8 Å². The highest BCUT2D eigenvalue weighted by atomic mass is 35.5. The number of nitrogens with one attached hydrogen (secondary N) is 1. The molecule has 2 fully saturated rings. The summed E-state index contributed by atoms with van der Waals surface area (Å²) in [6, 6.07) is 3.27. The fourth-order valence-corrected chi connectivity index (χ4v) is 3.15. The highest BCUT2D eigenvalue weighted by Crippen LogP contribution is 2.28. The molecule has 6 heteroatoms. The Labute approximate surface area is 123 Å². The second-order valence-corrected chi connectivity index (χ2v) is 5.52. The van der Waals surface area contributed by atoms with E-state index in [1.165, 1.54) is 0 Å². The molecule has 19 heavy (non-hydrogen) atoms. The summed E-state index contributed by atoms with van der Waals surface area (Å²) in [6.45, 7) is 3.83. The van der Waals surface area contributed by atoms with Gasteiger partial charge in [0.1, 0.15) is 0 Å². The molecule has 3 heterocycles. The van der Waals surface area contributed by atoms with E-state index in [-0.39, 0.29) is 23.5 Å². The van der Waals surface area contributed by atoms with Gasteiger partial charge in [-0.25, -0.2) is 0 Å². The summed E-state index contributed by atoms with van der Waals surface area (Å²) >= 11 is 5.71. The Morgan fingerprint density at radius 3 is 2.42 bits per heavy atom. The maximum absolute atomic E-state index is 12.2. The zero-order valence-electron chi connectivity index (χ0n) is 10.6. The molecule has 4 nitrogen and oxygen atoms in total. The summed E-state index contributed by atoms with van der Waals surface area (Å²) < 4.78 is 5.20. The number of fused-ring (bicyclic) bond motifs is 1. The molecule has 1 aromatic rings. The first-order chi connectivity index (χ1) is 8.74. The first kappa shape index (κ1) is 14.7. The third-order valence-electron chi connectivity index (χ3n) is 4.09. The van der Waals surface area contributed by atoms with Crippen LogP contribution in [0.3, 0.4) is 0 Å². The standard InChI is InChI=1S/C13H17ClN2O2.ClH/c14-12-2-1-11(18-12)13(17)16-5-3-9-7-15-8-10(9)4-6-16;/h1-2,9-10,15H,3-8H2;1H/t9-,10+;. The van der Waals surface area contributed by atoms with Crippen LogP contribution in [0.15, 0.2) is 16.5 Å². The summed E-state index contributed by atoms with van der Waals surface area (Å²) in [6.07, 6.45) is 2.16.